The Balaban J connectivity index is 2.21. The summed E-state index contributed by atoms with van der Waals surface area (Å²) in [4.78, 5) is 0. The van der Waals surface area contributed by atoms with Gasteiger partial charge in [0.25, 0.3) is 0 Å². The Morgan fingerprint density at radius 2 is 1.94 bits per heavy atom. The first-order valence-electron chi connectivity index (χ1n) is 6.70. The summed E-state index contributed by atoms with van der Waals surface area (Å²) in [6.45, 7) is 6.72. The lowest BCUT2D eigenvalue weighted by atomic mass is 9.87. The van der Waals surface area contributed by atoms with Crippen molar-refractivity contribution in [3.05, 3.63) is 29.3 Å². The van der Waals surface area contributed by atoms with Gasteiger partial charge in [0.05, 0.1) is 12.7 Å². The number of hydrogen-bond acceptors (Lipinski definition) is 2. The number of benzene rings is 1. The molecule has 1 saturated carbocycles. The van der Waals surface area contributed by atoms with Crippen molar-refractivity contribution in [2.24, 2.45) is 5.41 Å². The summed E-state index contributed by atoms with van der Waals surface area (Å²) >= 11 is 0. The Kier molecular flexibility index (Phi) is 3.41. The van der Waals surface area contributed by atoms with Crippen LogP contribution in [0.1, 0.15) is 44.7 Å². The summed E-state index contributed by atoms with van der Waals surface area (Å²) in [6, 6.07) is 6.35. The van der Waals surface area contributed by atoms with Gasteiger partial charge >= 0.3 is 0 Å². The first kappa shape index (κ1) is 13.4. The summed E-state index contributed by atoms with van der Waals surface area (Å²) in [6.07, 6.45) is 3.59. The fourth-order valence-corrected chi connectivity index (χ4v) is 2.37. The zero-order valence-electron chi connectivity index (χ0n) is 11.9. The van der Waals surface area contributed by atoms with Crippen molar-refractivity contribution >= 4 is 0 Å². The molecule has 1 aromatic rings. The lowest BCUT2D eigenvalue weighted by Crippen LogP contribution is -2.13. The van der Waals surface area contributed by atoms with Crippen LogP contribution in [0.3, 0.4) is 0 Å². The number of hydrogen-bond donors (Lipinski definition) is 1. The van der Waals surface area contributed by atoms with Gasteiger partial charge in [0.1, 0.15) is 5.75 Å². The van der Waals surface area contributed by atoms with Crippen molar-refractivity contribution in [2.45, 2.75) is 52.1 Å². The summed E-state index contributed by atoms with van der Waals surface area (Å²) in [5.74, 6) is 0.896. The van der Waals surface area contributed by atoms with Crippen LogP contribution in [-0.2, 0) is 12.8 Å². The first-order valence-corrected chi connectivity index (χ1v) is 6.70. The molecule has 0 spiro atoms. The van der Waals surface area contributed by atoms with Crippen LogP contribution in [0.25, 0.3) is 0 Å². The van der Waals surface area contributed by atoms with Crippen molar-refractivity contribution in [2.75, 3.05) is 7.11 Å². The van der Waals surface area contributed by atoms with Crippen LogP contribution in [0.4, 0.5) is 0 Å². The summed E-state index contributed by atoms with van der Waals surface area (Å²) in [5.41, 5.74) is 2.28. The monoisotopic (exact) mass is 248 g/mol. The maximum atomic E-state index is 10.1. The van der Waals surface area contributed by atoms with Gasteiger partial charge in [-0.3, -0.25) is 0 Å². The van der Waals surface area contributed by atoms with Gasteiger partial charge in [0.2, 0.25) is 0 Å². The average Bonchev–Trinajstić information content (AvgIpc) is 2.94. The van der Waals surface area contributed by atoms with E-state index in [0.29, 0.717) is 6.42 Å². The molecule has 0 radical (unpaired) electrons. The highest BCUT2D eigenvalue weighted by atomic mass is 16.5. The molecule has 0 amide bonds. The SMILES string of the molecule is COc1ccc(CC(C)(C)C)cc1CC1(O)CC1. The molecule has 1 N–H and O–H groups in total. The third-order valence-corrected chi connectivity index (χ3v) is 3.43. The molecule has 2 heteroatoms. The first-order chi connectivity index (χ1) is 8.31. The van der Waals surface area contributed by atoms with Gasteiger partial charge in [-0.25, -0.2) is 0 Å². The third-order valence-electron chi connectivity index (χ3n) is 3.43. The van der Waals surface area contributed by atoms with E-state index in [0.717, 1.165) is 30.6 Å². The van der Waals surface area contributed by atoms with Crippen LogP contribution in [0, 0.1) is 5.41 Å². The lowest BCUT2D eigenvalue weighted by Gasteiger charge is -2.20. The number of ether oxygens (including phenoxy) is 1. The van der Waals surface area contributed by atoms with Crippen LogP contribution in [0.5, 0.6) is 5.75 Å². The molecular weight excluding hydrogens is 224 g/mol. The Hall–Kier alpha value is -1.02. The van der Waals surface area contributed by atoms with Crippen LogP contribution in [0.2, 0.25) is 0 Å². The molecule has 2 rings (SSSR count). The fourth-order valence-electron chi connectivity index (χ4n) is 2.37. The lowest BCUT2D eigenvalue weighted by molar-refractivity contribution is 0.150. The van der Waals surface area contributed by atoms with Crippen molar-refractivity contribution in [3.63, 3.8) is 0 Å². The fraction of sp³-hybridized carbons (Fsp3) is 0.625. The van der Waals surface area contributed by atoms with E-state index in [1.165, 1.54) is 5.56 Å². The Bertz CT molecular complexity index is 425. The standard InChI is InChI=1S/C16H24O2/c1-15(2,3)10-12-5-6-14(18-4)13(9-12)11-16(17)7-8-16/h5-6,9,17H,7-8,10-11H2,1-4H3. The topological polar surface area (TPSA) is 29.5 Å². The molecule has 0 aromatic heterocycles. The minimum absolute atomic E-state index is 0.280. The van der Waals surface area contributed by atoms with Crippen molar-refractivity contribution in [3.8, 4) is 5.75 Å². The molecule has 0 aliphatic heterocycles. The number of rotatable bonds is 4. The Morgan fingerprint density at radius 1 is 1.28 bits per heavy atom. The van der Waals surface area contributed by atoms with E-state index in [4.69, 9.17) is 4.74 Å². The van der Waals surface area contributed by atoms with Gasteiger partial charge in [0.15, 0.2) is 0 Å². The summed E-state index contributed by atoms with van der Waals surface area (Å²) in [5, 5.41) is 10.1. The highest BCUT2D eigenvalue weighted by molar-refractivity contribution is 5.39. The smallest absolute Gasteiger partial charge is 0.122 e. The second-order valence-electron chi connectivity index (χ2n) is 6.78. The molecule has 18 heavy (non-hydrogen) atoms. The van der Waals surface area contributed by atoms with E-state index >= 15 is 0 Å². The van der Waals surface area contributed by atoms with E-state index in [9.17, 15) is 5.11 Å². The molecule has 1 aliphatic rings. The normalized spacial score (nSPS) is 17.6. The average molecular weight is 248 g/mol. The molecule has 0 unspecified atom stereocenters. The zero-order valence-corrected chi connectivity index (χ0v) is 11.9. The minimum Gasteiger partial charge on any atom is -0.496 e. The quantitative estimate of drug-likeness (QED) is 0.885. The van der Waals surface area contributed by atoms with Gasteiger partial charge in [0, 0.05) is 6.42 Å². The van der Waals surface area contributed by atoms with Gasteiger partial charge in [-0.15, -0.1) is 0 Å². The van der Waals surface area contributed by atoms with Gasteiger partial charge < -0.3 is 9.84 Å². The highest BCUT2D eigenvalue weighted by Gasteiger charge is 2.40. The molecule has 1 aliphatic carbocycles. The van der Waals surface area contributed by atoms with E-state index in [1.807, 2.05) is 6.07 Å². The predicted octanol–water partition coefficient (Wildman–Crippen LogP) is 3.35. The van der Waals surface area contributed by atoms with Crippen molar-refractivity contribution in [1.82, 2.24) is 0 Å². The second kappa shape index (κ2) is 4.58. The zero-order chi connectivity index (χ0) is 13.4. The third kappa shape index (κ3) is 3.49. The predicted molar refractivity (Wildman–Crippen MR) is 74.0 cm³/mol. The molecule has 1 fully saturated rings. The Morgan fingerprint density at radius 3 is 2.44 bits per heavy atom. The Labute approximate surface area is 110 Å². The molecule has 2 nitrogen and oxygen atoms in total. The van der Waals surface area contributed by atoms with Gasteiger partial charge in [-0.2, -0.15) is 0 Å². The number of methoxy groups -OCH3 is 1. The van der Waals surface area contributed by atoms with Gasteiger partial charge in [-0.1, -0.05) is 32.9 Å². The van der Waals surface area contributed by atoms with Crippen LogP contribution in [0.15, 0.2) is 18.2 Å². The van der Waals surface area contributed by atoms with Gasteiger partial charge in [-0.05, 0) is 41.9 Å². The largest absolute Gasteiger partial charge is 0.496 e. The minimum atomic E-state index is -0.465. The van der Waals surface area contributed by atoms with Crippen LogP contribution >= 0.6 is 0 Å². The van der Waals surface area contributed by atoms with Crippen LogP contribution in [-0.4, -0.2) is 17.8 Å². The maximum absolute atomic E-state index is 10.1. The van der Waals surface area contributed by atoms with E-state index in [1.54, 1.807) is 7.11 Å². The maximum Gasteiger partial charge on any atom is 0.122 e. The molecule has 1 aromatic carbocycles. The second-order valence-corrected chi connectivity index (χ2v) is 6.78. The molecule has 0 atom stereocenters. The molecule has 0 saturated heterocycles. The number of aliphatic hydroxyl groups is 1. The molecule has 100 valence electrons. The highest BCUT2D eigenvalue weighted by Crippen LogP contribution is 2.40. The van der Waals surface area contributed by atoms with E-state index in [-0.39, 0.29) is 5.41 Å². The van der Waals surface area contributed by atoms with Crippen molar-refractivity contribution < 1.29 is 9.84 Å². The summed E-state index contributed by atoms with van der Waals surface area (Å²) < 4.78 is 5.39. The van der Waals surface area contributed by atoms with E-state index < -0.39 is 5.60 Å². The molecule has 0 bridgehead atoms. The van der Waals surface area contributed by atoms with E-state index in [2.05, 4.69) is 32.9 Å². The van der Waals surface area contributed by atoms with Crippen LogP contribution < -0.4 is 4.74 Å². The summed E-state index contributed by atoms with van der Waals surface area (Å²) in [7, 11) is 1.69. The molecule has 0 heterocycles. The van der Waals surface area contributed by atoms with Crippen molar-refractivity contribution in [1.29, 1.82) is 0 Å². The molecular formula is C16H24O2.